The average molecular weight is 357 g/mol. The lowest BCUT2D eigenvalue weighted by Crippen LogP contribution is -2.25. The van der Waals surface area contributed by atoms with E-state index in [1.165, 1.54) is 0 Å². The Morgan fingerprint density at radius 2 is 2.19 bits per heavy atom. The minimum Gasteiger partial charge on any atom is -0.385 e. The third-order valence-electron chi connectivity index (χ3n) is 3.63. The predicted molar refractivity (Wildman–Crippen MR) is 93.8 cm³/mol. The number of anilines is 1. The maximum absolute atomic E-state index is 12.1. The normalized spacial score (nSPS) is 10.8. The SMILES string of the molecule is COCCCNC(=O)c1nc(CC(=O)Nc2ccc3cc[nH]c3c2)no1. The maximum Gasteiger partial charge on any atom is 0.315 e. The van der Waals surface area contributed by atoms with E-state index in [2.05, 4.69) is 25.8 Å². The van der Waals surface area contributed by atoms with Crippen LogP contribution in [0.5, 0.6) is 0 Å². The summed E-state index contributed by atoms with van der Waals surface area (Å²) >= 11 is 0. The van der Waals surface area contributed by atoms with Gasteiger partial charge in [-0.25, -0.2) is 0 Å². The van der Waals surface area contributed by atoms with Crippen molar-refractivity contribution in [2.75, 3.05) is 25.6 Å². The number of hydrogen-bond donors (Lipinski definition) is 3. The highest BCUT2D eigenvalue weighted by Gasteiger charge is 2.16. The third kappa shape index (κ3) is 4.45. The molecule has 9 nitrogen and oxygen atoms in total. The van der Waals surface area contributed by atoms with E-state index >= 15 is 0 Å². The van der Waals surface area contributed by atoms with Crippen molar-refractivity contribution in [3.05, 3.63) is 42.2 Å². The maximum atomic E-state index is 12.1. The number of nitrogens with one attached hydrogen (secondary N) is 3. The van der Waals surface area contributed by atoms with Gasteiger partial charge in [0, 0.05) is 37.7 Å². The number of carbonyl (C=O) groups is 2. The van der Waals surface area contributed by atoms with Gasteiger partial charge in [0.2, 0.25) is 5.91 Å². The topological polar surface area (TPSA) is 122 Å². The molecule has 0 aliphatic rings. The van der Waals surface area contributed by atoms with Crippen LogP contribution in [0, 0.1) is 0 Å². The third-order valence-corrected chi connectivity index (χ3v) is 3.63. The molecule has 3 aromatic rings. The van der Waals surface area contributed by atoms with Crippen LogP contribution in [0.1, 0.15) is 22.9 Å². The van der Waals surface area contributed by atoms with Crippen LogP contribution in [0.2, 0.25) is 0 Å². The Morgan fingerprint density at radius 1 is 1.31 bits per heavy atom. The Morgan fingerprint density at radius 3 is 3.04 bits per heavy atom. The first kappa shape index (κ1) is 17.6. The highest BCUT2D eigenvalue weighted by atomic mass is 16.5. The van der Waals surface area contributed by atoms with Crippen molar-refractivity contribution in [2.24, 2.45) is 0 Å². The molecule has 26 heavy (non-hydrogen) atoms. The molecule has 0 aliphatic heterocycles. The van der Waals surface area contributed by atoms with Crippen LogP contribution in [-0.4, -0.2) is 47.2 Å². The van der Waals surface area contributed by atoms with Gasteiger partial charge in [0.25, 0.3) is 0 Å². The molecular formula is C17H19N5O4. The zero-order valence-electron chi connectivity index (χ0n) is 14.2. The number of methoxy groups -OCH3 is 1. The number of rotatable bonds is 8. The number of hydrogen-bond acceptors (Lipinski definition) is 6. The average Bonchev–Trinajstić information content (AvgIpc) is 3.27. The Bertz CT molecular complexity index is 901. The predicted octanol–water partition coefficient (Wildman–Crippen LogP) is 1.50. The molecule has 2 heterocycles. The summed E-state index contributed by atoms with van der Waals surface area (Å²) in [5.41, 5.74) is 1.58. The van der Waals surface area contributed by atoms with E-state index in [-0.39, 0.29) is 24.0 Å². The molecule has 0 spiro atoms. The van der Waals surface area contributed by atoms with Crippen LogP contribution in [0.15, 0.2) is 35.0 Å². The molecule has 3 N–H and O–H groups in total. The summed E-state index contributed by atoms with van der Waals surface area (Å²) in [5, 5.41) is 10.1. The first-order valence-corrected chi connectivity index (χ1v) is 8.12. The number of H-pyrrole nitrogens is 1. The molecule has 0 saturated heterocycles. The van der Waals surface area contributed by atoms with Gasteiger partial charge in [-0.15, -0.1) is 0 Å². The van der Waals surface area contributed by atoms with E-state index in [1.807, 2.05) is 30.5 Å². The number of benzene rings is 1. The smallest absolute Gasteiger partial charge is 0.315 e. The van der Waals surface area contributed by atoms with Crippen molar-refractivity contribution in [2.45, 2.75) is 12.8 Å². The summed E-state index contributed by atoms with van der Waals surface area (Å²) in [6, 6.07) is 7.50. The largest absolute Gasteiger partial charge is 0.385 e. The molecule has 0 unspecified atom stereocenters. The van der Waals surface area contributed by atoms with Crippen molar-refractivity contribution >= 4 is 28.4 Å². The van der Waals surface area contributed by atoms with Gasteiger partial charge in [0.1, 0.15) is 0 Å². The molecule has 0 saturated carbocycles. The molecule has 1 aromatic carbocycles. The van der Waals surface area contributed by atoms with Gasteiger partial charge in [0.15, 0.2) is 5.82 Å². The lowest BCUT2D eigenvalue weighted by Gasteiger charge is -2.03. The number of ether oxygens (including phenoxy) is 1. The number of aromatic nitrogens is 3. The molecule has 136 valence electrons. The molecule has 2 amide bonds. The molecule has 2 aromatic heterocycles. The highest BCUT2D eigenvalue weighted by Crippen LogP contribution is 2.17. The Hall–Kier alpha value is -3.20. The molecule has 0 radical (unpaired) electrons. The van der Waals surface area contributed by atoms with E-state index in [4.69, 9.17) is 9.26 Å². The summed E-state index contributed by atoms with van der Waals surface area (Å²) in [7, 11) is 1.59. The zero-order valence-corrected chi connectivity index (χ0v) is 14.2. The van der Waals surface area contributed by atoms with Crippen molar-refractivity contribution < 1.29 is 18.8 Å². The summed E-state index contributed by atoms with van der Waals surface area (Å²) in [4.78, 5) is 31.0. The first-order valence-electron chi connectivity index (χ1n) is 8.12. The van der Waals surface area contributed by atoms with E-state index in [1.54, 1.807) is 7.11 Å². The molecular weight excluding hydrogens is 338 g/mol. The molecule has 0 atom stereocenters. The van der Waals surface area contributed by atoms with Gasteiger partial charge in [-0.3, -0.25) is 9.59 Å². The number of fused-ring (bicyclic) bond motifs is 1. The van der Waals surface area contributed by atoms with Gasteiger partial charge in [0.05, 0.1) is 6.42 Å². The van der Waals surface area contributed by atoms with Crippen molar-refractivity contribution in [3.8, 4) is 0 Å². The van der Waals surface area contributed by atoms with E-state index in [0.29, 0.717) is 25.3 Å². The zero-order chi connectivity index (χ0) is 18.4. The van der Waals surface area contributed by atoms with Gasteiger partial charge in [-0.2, -0.15) is 4.98 Å². The van der Waals surface area contributed by atoms with E-state index in [9.17, 15) is 9.59 Å². The van der Waals surface area contributed by atoms with Crippen LogP contribution < -0.4 is 10.6 Å². The van der Waals surface area contributed by atoms with Crippen LogP contribution in [0.4, 0.5) is 5.69 Å². The van der Waals surface area contributed by atoms with Crippen LogP contribution in [0.25, 0.3) is 10.9 Å². The Balaban J connectivity index is 1.52. The fourth-order valence-electron chi connectivity index (χ4n) is 2.39. The Kier molecular flexibility index (Phi) is 5.59. The highest BCUT2D eigenvalue weighted by molar-refractivity contribution is 5.94. The first-order chi connectivity index (χ1) is 12.7. The standard InChI is InChI=1S/C17H19N5O4/c1-25-8-2-6-19-16(24)17-21-14(22-26-17)10-15(23)20-12-4-3-11-5-7-18-13(11)9-12/h3-5,7,9,18H,2,6,8,10H2,1H3,(H,19,24)(H,20,23). The minimum atomic E-state index is -0.475. The lowest BCUT2D eigenvalue weighted by molar-refractivity contribution is -0.115. The second-order valence-electron chi connectivity index (χ2n) is 5.62. The van der Waals surface area contributed by atoms with E-state index in [0.717, 1.165) is 10.9 Å². The van der Waals surface area contributed by atoms with Crippen LogP contribution in [0.3, 0.4) is 0 Å². The fraction of sp³-hybridized carbons (Fsp3) is 0.294. The van der Waals surface area contributed by atoms with Gasteiger partial charge < -0.3 is 24.9 Å². The summed E-state index contributed by atoms with van der Waals surface area (Å²) in [6.07, 6.45) is 2.41. The monoisotopic (exact) mass is 357 g/mol. The van der Waals surface area contributed by atoms with E-state index < -0.39 is 5.91 Å². The molecule has 0 bridgehead atoms. The van der Waals surface area contributed by atoms with Crippen molar-refractivity contribution in [1.29, 1.82) is 0 Å². The molecule has 9 heteroatoms. The minimum absolute atomic E-state index is 0.0940. The number of amides is 2. The Labute approximate surface area is 149 Å². The van der Waals surface area contributed by atoms with Crippen molar-refractivity contribution in [3.63, 3.8) is 0 Å². The van der Waals surface area contributed by atoms with Crippen LogP contribution >= 0.6 is 0 Å². The van der Waals surface area contributed by atoms with Crippen molar-refractivity contribution in [1.82, 2.24) is 20.4 Å². The summed E-state index contributed by atoms with van der Waals surface area (Å²) < 4.78 is 9.79. The second kappa shape index (κ2) is 8.26. The van der Waals surface area contributed by atoms with Gasteiger partial charge in [-0.1, -0.05) is 11.2 Å². The quantitative estimate of drug-likeness (QED) is 0.525. The fourth-order valence-corrected chi connectivity index (χ4v) is 2.39. The number of aromatic amines is 1. The van der Waals surface area contributed by atoms with Gasteiger partial charge >= 0.3 is 11.8 Å². The molecule has 0 fully saturated rings. The molecule has 0 aliphatic carbocycles. The second-order valence-corrected chi connectivity index (χ2v) is 5.62. The van der Waals surface area contributed by atoms with Crippen LogP contribution in [-0.2, 0) is 16.0 Å². The number of nitrogens with zero attached hydrogens (tertiary/aromatic N) is 2. The lowest BCUT2D eigenvalue weighted by atomic mass is 10.2. The number of carbonyl (C=O) groups excluding carboxylic acids is 2. The van der Waals surface area contributed by atoms with Gasteiger partial charge in [-0.05, 0) is 30.0 Å². The molecule has 3 rings (SSSR count). The summed E-state index contributed by atoms with van der Waals surface area (Å²) in [6.45, 7) is 0.982. The summed E-state index contributed by atoms with van der Waals surface area (Å²) in [5.74, 6) is -0.801.